The first-order valence-electron chi connectivity index (χ1n) is 15.1. The van der Waals surface area contributed by atoms with Crippen molar-refractivity contribution in [3.8, 4) is 22.9 Å². The lowest BCUT2D eigenvalue weighted by atomic mass is 9.81. The van der Waals surface area contributed by atoms with E-state index in [1.54, 1.807) is 7.11 Å². The molecule has 2 aliphatic heterocycles. The molecule has 0 aliphatic carbocycles. The molecule has 2 N–H and O–H groups in total. The van der Waals surface area contributed by atoms with Crippen molar-refractivity contribution >= 4 is 5.78 Å². The number of benzene rings is 2. The molecule has 3 aromatic rings. The van der Waals surface area contributed by atoms with Gasteiger partial charge in [-0.2, -0.15) is 0 Å². The molecular weight excluding hydrogens is 512 g/mol. The van der Waals surface area contributed by atoms with Crippen molar-refractivity contribution in [3.05, 3.63) is 64.7 Å². The lowest BCUT2D eigenvalue weighted by Gasteiger charge is -2.29. The van der Waals surface area contributed by atoms with Crippen LogP contribution in [0.1, 0.15) is 61.8 Å². The van der Waals surface area contributed by atoms with Gasteiger partial charge in [-0.3, -0.25) is 14.8 Å². The predicted molar refractivity (Wildman–Crippen MR) is 164 cm³/mol. The Balaban J connectivity index is 1.30. The minimum atomic E-state index is -0.591. The number of hydrogen-bond donors (Lipinski definition) is 2. The zero-order valence-electron chi connectivity index (χ0n) is 25.5. The summed E-state index contributed by atoms with van der Waals surface area (Å²) in [5, 5.41) is 11.6. The molecule has 2 aliphatic rings. The van der Waals surface area contributed by atoms with Crippen LogP contribution in [0.2, 0.25) is 0 Å². The first-order chi connectivity index (χ1) is 19.7. The number of hydrogen-bond acceptors (Lipinski definition) is 6. The van der Waals surface area contributed by atoms with Crippen LogP contribution in [0.15, 0.2) is 42.5 Å². The number of rotatable bonds is 13. The lowest BCUT2D eigenvalue weighted by molar-refractivity contribution is -0.133. The molecule has 1 aromatic heterocycles. The third-order valence-electron chi connectivity index (χ3n) is 8.89. The summed E-state index contributed by atoms with van der Waals surface area (Å²) >= 11 is 0. The van der Waals surface area contributed by atoms with Gasteiger partial charge in [-0.15, -0.1) is 5.10 Å². The molecule has 0 saturated carbocycles. The summed E-state index contributed by atoms with van der Waals surface area (Å²) < 4.78 is 11.7. The number of methoxy groups -OCH3 is 1. The topological polar surface area (TPSA) is 79.5 Å². The van der Waals surface area contributed by atoms with Crippen LogP contribution in [0, 0.1) is 25.2 Å². The first-order valence-corrected chi connectivity index (χ1v) is 15.1. The van der Waals surface area contributed by atoms with Gasteiger partial charge in [0, 0.05) is 23.6 Å². The van der Waals surface area contributed by atoms with Gasteiger partial charge in [0.1, 0.15) is 12.4 Å². The number of fused-ring (bicyclic) bond motifs is 2. The fourth-order valence-corrected chi connectivity index (χ4v) is 6.60. The van der Waals surface area contributed by atoms with Crippen molar-refractivity contribution in [1.82, 2.24) is 20.4 Å². The molecule has 2 saturated heterocycles. The minimum Gasteiger partial charge on any atom is -0.497 e. The van der Waals surface area contributed by atoms with Crippen molar-refractivity contribution in [1.29, 1.82) is 0 Å². The van der Waals surface area contributed by atoms with Crippen LogP contribution in [-0.4, -0.2) is 66.8 Å². The zero-order chi connectivity index (χ0) is 29.1. The van der Waals surface area contributed by atoms with E-state index in [0.29, 0.717) is 24.2 Å². The Hall–Kier alpha value is -3.16. The van der Waals surface area contributed by atoms with Gasteiger partial charge >= 0.3 is 0 Å². The van der Waals surface area contributed by atoms with E-state index in [9.17, 15) is 4.79 Å². The molecule has 1 unspecified atom stereocenters. The number of H-pyrrole nitrogens is 1. The van der Waals surface area contributed by atoms with Crippen LogP contribution in [0.4, 0.5) is 0 Å². The van der Waals surface area contributed by atoms with Gasteiger partial charge in [-0.25, -0.2) is 0 Å². The largest absolute Gasteiger partial charge is 0.497 e. The molecule has 7 heteroatoms. The van der Waals surface area contributed by atoms with E-state index >= 15 is 0 Å². The van der Waals surface area contributed by atoms with Crippen LogP contribution >= 0.6 is 0 Å². The Morgan fingerprint density at radius 3 is 2.41 bits per heavy atom. The molecule has 0 radical (unpaired) electrons. The molecule has 2 bridgehead atoms. The van der Waals surface area contributed by atoms with Gasteiger partial charge in [0.25, 0.3) is 0 Å². The molecule has 2 atom stereocenters. The second-order valence-corrected chi connectivity index (χ2v) is 12.8. The molecule has 0 amide bonds. The van der Waals surface area contributed by atoms with Crippen molar-refractivity contribution < 1.29 is 14.3 Å². The highest BCUT2D eigenvalue weighted by molar-refractivity contribution is 5.90. The standard InChI is InChI=1S/C34H46N4O3/c1-22-17-23(2)19-27(18-22)30-29(24(3)20-35-14-11-25-7-9-28(40-6)10-8-25)33(37-36-30)41-21-34(4,5)32(39)31-26-12-15-38(31)16-13-26/h7-10,17-19,24,26,31,35H,11-16,20-21H2,1-6H3,(H,36,37)/t24-,31?/m1/s1. The van der Waals surface area contributed by atoms with Crippen LogP contribution in [0.5, 0.6) is 11.6 Å². The minimum absolute atomic E-state index is 0.0481. The molecule has 3 heterocycles. The van der Waals surface area contributed by atoms with Crippen molar-refractivity contribution in [2.45, 2.75) is 65.8 Å². The summed E-state index contributed by atoms with van der Waals surface area (Å²) in [6, 6.07) is 14.8. The lowest BCUT2D eigenvalue weighted by Crippen LogP contribution is -2.44. The highest BCUT2D eigenvalue weighted by Gasteiger charge is 2.48. The van der Waals surface area contributed by atoms with Gasteiger partial charge in [-0.1, -0.05) is 36.2 Å². The van der Waals surface area contributed by atoms with E-state index < -0.39 is 5.41 Å². The average molecular weight is 559 g/mol. The first kappa shape index (κ1) is 29.3. The predicted octanol–water partition coefficient (Wildman–Crippen LogP) is 5.71. The second kappa shape index (κ2) is 12.4. The number of nitrogens with one attached hydrogen (secondary N) is 2. The number of aromatic amines is 1. The van der Waals surface area contributed by atoms with E-state index in [2.05, 4.69) is 71.5 Å². The molecule has 41 heavy (non-hydrogen) atoms. The number of piperidine rings is 1. The van der Waals surface area contributed by atoms with Crippen LogP contribution in [0.25, 0.3) is 11.3 Å². The van der Waals surface area contributed by atoms with E-state index in [1.807, 2.05) is 26.0 Å². The molecule has 7 nitrogen and oxygen atoms in total. The SMILES string of the molecule is COc1ccc(CCNC[C@@H](C)c2c(OCC(C)(C)C(=O)C3C4CCN3CC4)n[nH]c2-c2cc(C)cc(C)c2)cc1. The summed E-state index contributed by atoms with van der Waals surface area (Å²) in [5.41, 5.74) is 6.25. The van der Waals surface area contributed by atoms with Gasteiger partial charge in [0.05, 0.1) is 24.3 Å². The second-order valence-electron chi connectivity index (χ2n) is 12.8. The maximum Gasteiger partial charge on any atom is 0.236 e. The van der Waals surface area contributed by atoms with Gasteiger partial charge in [-0.05, 0) is 102 Å². The molecule has 0 spiro atoms. The van der Waals surface area contributed by atoms with Crippen molar-refractivity contribution in [2.24, 2.45) is 11.3 Å². The number of ether oxygens (including phenoxy) is 2. The number of ketones is 1. The Labute approximate surface area is 245 Å². The number of carbonyl (C=O) groups excluding carboxylic acids is 1. The van der Waals surface area contributed by atoms with Crippen molar-refractivity contribution in [2.75, 3.05) is 39.9 Å². The Kier molecular flexibility index (Phi) is 8.85. The summed E-state index contributed by atoms with van der Waals surface area (Å²) in [6.45, 7) is 14.5. The smallest absolute Gasteiger partial charge is 0.236 e. The average Bonchev–Trinajstić information content (AvgIpc) is 3.68. The molecule has 220 valence electrons. The maximum atomic E-state index is 13.6. The highest BCUT2D eigenvalue weighted by atomic mass is 16.5. The summed E-state index contributed by atoms with van der Waals surface area (Å²) in [5.74, 6) is 2.42. The number of aryl methyl sites for hydroxylation is 2. The normalized spacial score (nSPS) is 20.8. The van der Waals surface area contributed by atoms with Gasteiger partial charge in [0.2, 0.25) is 5.88 Å². The monoisotopic (exact) mass is 558 g/mol. The third kappa shape index (κ3) is 6.52. The number of aromatic nitrogens is 2. The Morgan fingerprint density at radius 2 is 1.80 bits per heavy atom. The van der Waals surface area contributed by atoms with E-state index in [-0.39, 0.29) is 12.0 Å². The maximum absolute atomic E-state index is 13.6. The van der Waals surface area contributed by atoms with Gasteiger partial charge in [0.15, 0.2) is 5.78 Å². The number of Topliss-reactive ketones (excluding diaryl/α,β-unsaturated/α-hetero) is 1. The van der Waals surface area contributed by atoms with Crippen molar-refractivity contribution in [3.63, 3.8) is 0 Å². The highest BCUT2D eigenvalue weighted by Crippen LogP contribution is 2.40. The number of carbonyl (C=O) groups is 1. The fourth-order valence-electron chi connectivity index (χ4n) is 6.60. The van der Waals surface area contributed by atoms with Crippen LogP contribution in [-0.2, 0) is 11.2 Å². The van der Waals surface area contributed by atoms with E-state index in [0.717, 1.165) is 68.0 Å². The third-order valence-corrected chi connectivity index (χ3v) is 8.89. The Bertz CT molecular complexity index is 1310. The van der Waals surface area contributed by atoms with Gasteiger partial charge < -0.3 is 14.8 Å². The summed E-state index contributed by atoms with van der Waals surface area (Å²) in [7, 11) is 1.69. The summed E-state index contributed by atoms with van der Waals surface area (Å²) in [6.07, 6.45) is 3.21. The molecule has 2 fully saturated rings. The van der Waals surface area contributed by atoms with E-state index in [1.165, 1.54) is 16.7 Å². The molecule has 2 aromatic carbocycles. The zero-order valence-corrected chi connectivity index (χ0v) is 25.5. The fraction of sp³-hybridized carbons (Fsp3) is 0.529. The van der Waals surface area contributed by atoms with E-state index in [4.69, 9.17) is 9.47 Å². The quantitative estimate of drug-likeness (QED) is 0.262. The number of nitrogens with zero attached hydrogens (tertiary/aromatic N) is 2. The Morgan fingerprint density at radius 1 is 1.12 bits per heavy atom. The molecular formula is C34H46N4O3. The summed E-state index contributed by atoms with van der Waals surface area (Å²) in [4.78, 5) is 16.0. The molecule has 5 rings (SSSR count). The van der Waals surface area contributed by atoms with Crippen LogP contribution in [0.3, 0.4) is 0 Å². The van der Waals surface area contributed by atoms with Crippen LogP contribution < -0.4 is 14.8 Å².